The van der Waals surface area contributed by atoms with Crippen LogP contribution < -0.4 is 9.80 Å². The number of hydrogen-bond donors (Lipinski definition) is 0. The van der Waals surface area contributed by atoms with Gasteiger partial charge in [-0.3, -0.25) is 0 Å². The van der Waals surface area contributed by atoms with Crippen molar-refractivity contribution in [3.05, 3.63) is 23.8 Å². The largest absolute Gasteiger partial charge is 0.371 e. The van der Waals surface area contributed by atoms with Gasteiger partial charge in [0.1, 0.15) is 7.85 Å². The first-order chi connectivity index (χ1) is 9.13. The van der Waals surface area contributed by atoms with Crippen LogP contribution in [0.5, 0.6) is 0 Å². The normalized spacial score (nSPS) is 28.7. The Labute approximate surface area is 118 Å². The lowest BCUT2D eigenvalue weighted by Crippen LogP contribution is -2.53. The van der Waals surface area contributed by atoms with Crippen molar-refractivity contribution < 1.29 is 0 Å². The van der Waals surface area contributed by atoms with Gasteiger partial charge in [0.25, 0.3) is 0 Å². The summed E-state index contributed by atoms with van der Waals surface area (Å²) in [4.78, 5) is 4.86. The molecule has 100 valence electrons. The maximum Gasteiger partial charge on any atom is 0.105 e. The van der Waals surface area contributed by atoms with Crippen molar-refractivity contribution in [3.63, 3.8) is 0 Å². The third-order valence-corrected chi connectivity index (χ3v) is 4.93. The number of para-hydroxylation sites is 1. The van der Waals surface area contributed by atoms with Gasteiger partial charge in [-0.05, 0) is 24.5 Å². The highest BCUT2D eigenvalue weighted by molar-refractivity contribution is 6.19. The van der Waals surface area contributed by atoms with Gasteiger partial charge in [0.15, 0.2) is 0 Å². The number of anilines is 2. The lowest BCUT2D eigenvalue weighted by Gasteiger charge is -2.45. The Morgan fingerprint density at radius 1 is 1.32 bits per heavy atom. The maximum atomic E-state index is 6.89. The quantitative estimate of drug-likeness (QED) is 0.765. The van der Waals surface area contributed by atoms with Crippen LogP contribution in [0.3, 0.4) is 0 Å². The first kappa shape index (κ1) is 12.9. The molecule has 2 radical (unpaired) electrons. The van der Waals surface area contributed by atoms with Crippen LogP contribution in [0, 0.1) is 0 Å². The molecule has 2 nitrogen and oxygen atoms in total. The Balaban J connectivity index is 2.17. The molecule has 3 heteroatoms. The van der Waals surface area contributed by atoms with Crippen LogP contribution in [-0.2, 0) is 0 Å². The van der Waals surface area contributed by atoms with Gasteiger partial charge in [-0.25, -0.2) is 0 Å². The fourth-order valence-corrected chi connectivity index (χ4v) is 4.07. The molecule has 0 amide bonds. The summed E-state index contributed by atoms with van der Waals surface area (Å²) >= 11 is 0. The second-order valence-corrected chi connectivity index (χ2v) is 5.99. The number of benzene rings is 1. The molecule has 0 N–H and O–H groups in total. The SMILES string of the molecule is [B]C1(CCC)C(CC)c2cccc3c2N1CCN3C. The molecule has 0 saturated carbocycles. The Morgan fingerprint density at radius 3 is 2.79 bits per heavy atom. The van der Waals surface area contributed by atoms with Crippen molar-refractivity contribution >= 4 is 19.2 Å². The zero-order chi connectivity index (χ0) is 13.6. The van der Waals surface area contributed by atoms with E-state index in [1.165, 1.54) is 16.9 Å². The highest BCUT2D eigenvalue weighted by Gasteiger charge is 2.48. The zero-order valence-electron chi connectivity index (χ0n) is 12.3. The van der Waals surface area contributed by atoms with Gasteiger partial charge >= 0.3 is 0 Å². The maximum absolute atomic E-state index is 6.89. The average molecular weight is 254 g/mol. The van der Waals surface area contributed by atoms with Crippen LogP contribution in [0.1, 0.15) is 44.6 Å². The number of likely N-dealkylation sites (N-methyl/N-ethyl adjacent to an activating group) is 1. The summed E-state index contributed by atoms with van der Waals surface area (Å²) in [5, 5.41) is 0. The summed E-state index contributed by atoms with van der Waals surface area (Å²) < 4.78 is 0. The molecule has 0 fully saturated rings. The second kappa shape index (κ2) is 4.47. The molecule has 3 rings (SSSR count). The predicted octanol–water partition coefficient (Wildman–Crippen LogP) is 3.11. The number of nitrogens with zero attached hydrogens (tertiary/aromatic N) is 2. The molecule has 1 aromatic carbocycles. The molecule has 2 unspecified atom stereocenters. The van der Waals surface area contributed by atoms with E-state index in [1.807, 2.05) is 0 Å². The molecule has 0 bridgehead atoms. The fraction of sp³-hybridized carbons (Fsp3) is 0.625. The van der Waals surface area contributed by atoms with Crippen LogP contribution in [0.2, 0.25) is 0 Å². The zero-order valence-corrected chi connectivity index (χ0v) is 12.3. The van der Waals surface area contributed by atoms with Gasteiger partial charge in [-0.2, -0.15) is 0 Å². The lowest BCUT2D eigenvalue weighted by atomic mass is 9.64. The topological polar surface area (TPSA) is 6.48 Å². The molecule has 0 spiro atoms. The molecule has 2 heterocycles. The van der Waals surface area contributed by atoms with Gasteiger partial charge in [0, 0.05) is 31.5 Å². The smallest absolute Gasteiger partial charge is 0.105 e. The summed E-state index contributed by atoms with van der Waals surface area (Å²) in [5.41, 5.74) is 4.04. The van der Waals surface area contributed by atoms with E-state index < -0.39 is 0 Å². The monoisotopic (exact) mass is 254 g/mol. The summed E-state index contributed by atoms with van der Waals surface area (Å²) in [7, 11) is 9.07. The molecule has 0 aromatic heterocycles. The molecule has 19 heavy (non-hydrogen) atoms. The Morgan fingerprint density at radius 2 is 2.11 bits per heavy atom. The van der Waals surface area contributed by atoms with E-state index in [0.29, 0.717) is 5.92 Å². The van der Waals surface area contributed by atoms with Gasteiger partial charge in [-0.15, -0.1) is 0 Å². The van der Waals surface area contributed by atoms with E-state index >= 15 is 0 Å². The average Bonchev–Trinajstić information content (AvgIpc) is 2.64. The summed E-state index contributed by atoms with van der Waals surface area (Å²) in [5.74, 6) is 0.467. The molecule has 1 aromatic rings. The Kier molecular flexibility index (Phi) is 3.03. The van der Waals surface area contributed by atoms with E-state index in [-0.39, 0.29) is 5.44 Å². The van der Waals surface area contributed by atoms with Gasteiger partial charge in [0.2, 0.25) is 0 Å². The lowest BCUT2D eigenvalue weighted by molar-refractivity contribution is 0.423. The second-order valence-electron chi connectivity index (χ2n) is 5.99. The molecule has 2 aliphatic rings. The molecule has 2 atom stereocenters. The molecular formula is C16H23BN2. The van der Waals surface area contributed by atoms with E-state index in [9.17, 15) is 0 Å². The van der Waals surface area contributed by atoms with Gasteiger partial charge in [-0.1, -0.05) is 32.4 Å². The molecule has 0 aliphatic carbocycles. The Bertz CT molecular complexity index is 488. The fourth-order valence-electron chi connectivity index (χ4n) is 4.07. The minimum atomic E-state index is -0.177. The molecular weight excluding hydrogens is 231 g/mol. The van der Waals surface area contributed by atoms with Crippen LogP contribution in [-0.4, -0.2) is 33.4 Å². The van der Waals surface area contributed by atoms with E-state index in [1.54, 1.807) is 0 Å². The highest BCUT2D eigenvalue weighted by atomic mass is 15.3. The number of hydrogen-bond acceptors (Lipinski definition) is 2. The summed E-state index contributed by atoms with van der Waals surface area (Å²) in [6.07, 6.45) is 3.33. The Hall–Kier alpha value is -1.12. The van der Waals surface area contributed by atoms with Crippen LogP contribution in [0.15, 0.2) is 18.2 Å². The first-order valence-electron chi connectivity index (χ1n) is 7.54. The third kappa shape index (κ3) is 1.63. The van der Waals surface area contributed by atoms with Crippen LogP contribution in [0.4, 0.5) is 11.4 Å². The summed E-state index contributed by atoms with van der Waals surface area (Å²) in [6.45, 7) is 6.62. The van der Waals surface area contributed by atoms with Crippen molar-refractivity contribution in [2.24, 2.45) is 0 Å². The molecule has 0 saturated heterocycles. The van der Waals surface area contributed by atoms with Crippen molar-refractivity contribution in [2.45, 2.75) is 44.5 Å². The number of rotatable bonds is 3. The van der Waals surface area contributed by atoms with Gasteiger partial charge < -0.3 is 9.80 Å². The minimum Gasteiger partial charge on any atom is -0.371 e. The van der Waals surface area contributed by atoms with Crippen LogP contribution in [0.25, 0.3) is 0 Å². The predicted molar refractivity (Wildman–Crippen MR) is 83.5 cm³/mol. The van der Waals surface area contributed by atoms with Crippen molar-refractivity contribution in [1.29, 1.82) is 0 Å². The summed E-state index contributed by atoms with van der Waals surface area (Å²) in [6, 6.07) is 6.70. The highest BCUT2D eigenvalue weighted by Crippen LogP contribution is 2.54. The van der Waals surface area contributed by atoms with E-state index in [4.69, 9.17) is 7.85 Å². The minimum absolute atomic E-state index is 0.177. The van der Waals surface area contributed by atoms with E-state index in [2.05, 4.69) is 48.9 Å². The van der Waals surface area contributed by atoms with Crippen molar-refractivity contribution in [1.82, 2.24) is 0 Å². The van der Waals surface area contributed by atoms with Crippen molar-refractivity contribution in [3.8, 4) is 0 Å². The van der Waals surface area contributed by atoms with E-state index in [0.717, 1.165) is 32.4 Å². The van der Waals surface area contributed by atoms with Crippen molar-refractivity contribution in [2.75, 3.05) is 29.9 Å². The third-order valence-electron chi connectivity index (χ3n) is 4.93. The van der Waals surface area contributed by atoms with Crippen LogP contribution >= 0.6 is 0 Å². The standard InChI is InChI=1S/C16H23BN2/c1-4-9-16(17)13(5-2)12-7-6-8-14-15(12)19(16)11-10-18(14)3/h6-8,13H,4-5,9-11H2,1-3H3. The first-order valence-corrected chi connectivity index (χ1v) is 7.54. The van der Waals surface area contributed by atoms with Gasteiger partial charge in [0.05, 0.1) is 11.4 Å². The molecule has 2 aliphatic heterocycles.